The number of carboxylic acid groups (broad SMARTS) is 1. The molecule has 4 heterocycles. The molecule has 0 bridgehead atoms. The van der Waals surface area contributed by atoms with Crippen LogP contribution in [0.5, 0.6) is 17.2 Å². The van der Waals surface area contributed by atoms with Gasteiger partial charge in [-0.25, -0.2) is 17.2 Å². The van der Waals surface area contributed by atoms with Gasteiger partial charge in [0, 0.05) is 58.4 Å². The van der Waals surface area contributed by atoms with E-state index in [9.17, 15) is 18.3 Å². The van der Waals surface area contributed by atoms with Gasteiger partial charge in [-0.15, -0.1) is 0 Å². The van der Waals surface area contributed by atoms with E-state index < -0.39 is 16.1 Å². The fourth-order valence-corrected chi connectivity index (χ4v) is 7.25. The molecular weight excluding hydrogens is 608 g/mol. The maximum atomic E-state index is 13.0. The Morgan fingerprint density at radius 3 is 2.22 bits per heavy atom. The van der Waals surface area contributed by atoms with E-state index in [1.807, 2.05) is 24.3 Å². The molecule has 2 aliphatic rings. The number of nitrogens with one attached hydrogen (secondary N) is 1. The van der Waals surface area contributed by atoms with E-state index in [0.29, 0.717) is 44.1 Å². The summed E-state index contributed by atoms with van der Waals surface area (Å²) in [4.78, 5) is 12.9. The molecule has 2 aromatic heterocycles. The molecule has 0 atom stereocenters. The molecule has 0 saturated heterocycles. The Morgan fingerprint density at radius 2 is 1.52 bits per heavy atom. The van der Waals surface area contributed by atoms with Gasteiger partial charge in [0.15, 0.2) is 0 Å². The maximum Gasteiger partial charge on any atom is 0.407 e. The van der Waals surface area contributed by atoms with Gasteiger partial charge in [0.05, 0.1) is 30.6 Å². The fraction of sp³-hybridized carbons (Fsp3) is 0.324. The van der Waals surface area contributed by atoms with Crippen LogP contribution in [0, 0.1) is 0 Å². The second-order valence-corrected chi connectivity index (χ2v) is 14.0. The highest BCUT2D eigenvalue weighted by Gasteiger charge is 2.24. The standard InChI is InChI=1S/C18H18N2O4S.C16H20N2O3/c1-23-13-2-4-14(5-3-13)25(21,22)20-10-8-15-16-12-19-9-11-24-18(16)7-6-17(15)20;1-16(2,3)18-7-6-11-12-10-17(15(19)20)8-9-21-14(12)5-4-13(11)18/h2-8,10,19H,9,11-12H2,1H3;4-7H,8-10H2,1-3H3,(H,19,20). The molecule has 5 aromatic rings. The Labute approximate surface area is 267 Å². The zero-order valence-electron chi connectivity index (χ0n) is 26.3. The number of carbonyl (C=O) groups is 1. The number of fused-ring (bicyclic) bond motifs is 6. The average molecular weight is 647 g/mol. The van der Waals surface area contributed by atoms with Crippen LogP contribution < -0.4 is 19.5 Å². The molecule has 12 heteroatoms. The minimum Gasteiger partial charge on any atom is -0.497 e. The zero-order valence-corrected chi connectivity index (χ0v) is 27.1. The summed E-state index contributed by atoms with van der Waals surface area (Å²) < 4.78 is 46.1. The Hall–Kier alpha value is -4.68. The van der Waals surface area contributed by atoms with Crippen molar-refractivity contribution in [2.75, 3.05) is 33.4 Å². The number of rotatable bonds is 3. The predicted molar refractivity (Wildman–Crippen MR) is 176 cm³/mol. The lowest BCUT2D eigenvalue weighted by Crippen LogP contribution is -2.30. The lowest BCUT2D eigenvalue weighted by Gasteiger charge is -2.23. The quantitative estimate of drug-likeness (QED) is 0.258. The Morgan fingerprint density at radius 1 is 0.870 bits per heavy atom. The van der Waals surface area contributed by atoms with E-state index in [1.54, 1.807) is 43.6 Å². The maximum absolute atomic E-state index is 13.0. The number of aromatic nitrogens is 2. The summed E-state index contributed by atoms with van der Waals surface area (Å²) >= 11 is 0. The summed E-state index contributed by atoms with van der Waals surface area (Å²) in [6.45, 7) is 9.63. The Balaban J connectivity index is 0.000000164. The van der Waals surface area contributed by atoms with Crippen molar-refractivity contribution >= 4 is 37.9 Å². The van der Waals surface area contributed by atoms with Crippen molar-refractivity contribution < 1.29 is 32.5 Å². The van der Waals surface area contributed by atoms with Gasteiger partial charge in [-0.3, -0.25) is 0 Å². The van der Waals surface area contributed by atoms with Crippen LogP contribution in [0.3, 0.4) is 0 Å². The van der Waals surface area contributed by atoms with Crippen molar-refractivity contribution in [2.45, 2.75) is 44.3 Å². The molecule has 0 fully saturated rings. The molecule has 3 aromatic carbocycles. The van der Waals surface area contributed by atoms with Gasteiger partial charge < -0.3 is 34.1 Å². The lowest BCUT2D eigenvalue weighted by molar-refractivity contribution is 0.138. The van der Waals surface area contributed by atoms with E-state index in [0.717, 1.165) is 45.5 Å². The highest BCUT2D eigenvalue weighted by Crippen LogP contribution is 2.34. The highest BCUT2D eigenvalue weighted by atomic mass is 32.2. The molecule has 11 nitrogen and oxygen atoms in total. The number of hydrogen-bond acceptors (Lipinski definition) is 7. The first-order valence-electron chi connectivity index (χ1n) is 15.1. The van der Waals surface area contributed by atoms with Crippen LogP contribution in [0.4, 0.5) is 4.79 Å². The van der Waals surface area contributed by atoms with Crippen molar-refractivity contribution in [3.05, 3.63) is 84.2 Å². The third kappa shape index (κ3) is 5.85. The minimum atomic E-state index is -3.68. The van der Waals surface area contributed by atoms with E-state index in [1.165, 1.54) is 8.87 Å². The average Bonchev–Trinajstić information content (AvgIpc) is 3.52. The van der Waals surface area contributed by atoms with Crippen LogP contribution in [0.15, 0.2) is 78.0 Å². The summed E-state index contributed by atoms with van der Waals surface area (Å²) in [7, 11) is -2.14. The molecule has 46 heavy (non-hydrogen) atoms. The zero-order chi connectivity index (χ0) is 32.6. The van der Waals surface area contributed by atoms with Gasteiger partial charge in [0.25, 0.3) is 10.0 Å². The van der Waals surface area contributed by atoms with Gasteiger partial charge >= 0.3 is 6.09 Å². The highest BCUT2D eigenvalue weighted by molar-refractivity contribution is 7.90. The van der Waals surface area contributed by atoms with Crippen molar-refractivity contribution in [3.8, 4) is 17.2 Å². The van der Waals surface area contributed by atoms with Crippen LogP contribution in [0.25, 0.3) is 21.8 Å². The molecule has 0 saturated carbocycles. The first-order valence-corrected chi connectivity index (χ1v) is 16.5. The number of methoxy groups -OCH3 is 1. The largest absolute Gasteiger partial charge is 0.497 e. The third-order valence-electron chi connectivity index (χ3n) is 8.26. The van der Waals surface area contributed by atoms with Gasteiger partial charge in [-0.2, -0.15) is 0 Å². The second-order valence-electron chi connectivity index (χ2n) is 12.2. The third-order valence-corrected chi connectivity index (χ3v) is 9.97. The van der Waals surface area contributed by atoms with Crippen LogP contribution in [0.2, 0.25) is 0 Å². The van der Waals surface area contributed by atoms with Crippen LogP contribution in [-0.2, 0) is 28.7 Å². The Bertz CT molecular complexity index is 2010. The smallest absolute Gasteiger partial charge is 0.407 e. The van der Waals surface area contributed by atoms with E-state index in [2.05, 4.69) is 42.9 Å². The topological polar surface area (TPSA) is 124 Å². The summed E-state index contributed by atoms with van der Waals surface area (Å²) in [6, 6.07) is 17.9. The van der Waals surface area contributed by atoms with Gasteiger partial charge in [0.1, 0.15) is 30.5 Å². The fourth-order valence-electron chi connectivity index (χ4n) is 5.91. The first-order chi connectivity index (χ1) is 22.0. The normalized spacial score (nSPS) is 15.0. The van der Waals surface area contributed by atoms with Crippen molar-refractivity contribution in [2.24, 2.45) is 0 Å². The van der Waals surface area contributed by atoms with E-state index >= 15 is 0 Å². The van der Waals surface area contributed by atoms with Gasteiger partial charge in [0.2, 0.25) is 0 Å². The molecule has 0 aliphatic carbocycles. The molecule has 2 N–H and O–H groups in total. The number of ether oxygens (including phenoxy) is 3. The van der Waals surface area contributed by atoms with Gasteiger partial charge in [-0.1, -0.05) is 0 Å². The minimum absolute atomic E-state index is 0.0198. The molecule has 0 spiro atoms. The number of hydrogen-bond donors (Lipinski definition) is 2. The lowest BCUT2D eigenvalue weighted by atomic mass is 10.1. The summed E-state index contributed by atoms with van der Waals surface area (Å²) in [5.74, 6) is 2.21. The van der Waals surface area contributed by atoms with Crippen molar-refractivity contribution in [1.82, 2.24) is 18.8 Å². The van der Waals surface area contributed by atoms with Crippen LogP contribution >= 0.6 is 0 Å². The first kappa shape index (κ1) is 31.3. The summed E-state index contributed by atoms with van der Waals surface area (Å²) in [5.41, 5.74) is 3.67. The van der Waals surface area contributed by atoms with Crippen molar-refractivity contribution in [1.29, 1.82) is 0 Å². The molecule has 7 rings (SSSR count). The van der Waals surface area contributed by atoms with Crippen LogP contribution in [0.1, 0.15) is 31.9 Å². The number of amides is 1. The molecule has 1 amide bonds. The molecule has 0 radical (unpaired) electrons. The second kappa shape index (κ2) is 12.3. The summed E-state index contributed by atoms with van der Waals surface area (Å²) in [5, 5.41) is 14.5. The molecule has 242 valence electrons. The molecular formula is C34H38N4O7S. The SMILES string of the molecule is CC(C)(C)n1ccc2c3c(ccc21)OCCN(C(=O)O)C3.COc1ccc(S(=O)(=O)n2ccc3c4c(ccc32)OCCNC4)cc1. The predicted octanol–water partition coefficient (Wildman–Crippen LogP) is 5.64. The van der Waals surface area contributed by atoms with E-state index in [4.69, 9.17) is 14.2 Å². The molecule has 0 unspecified atom stereocenters. The van der Waals surface area contributed by atoms with Gasteiger partial charge in [-0.05, 0) is 81.4 Å². The van der Waals surface area contributed by atoms with Crippen LogP contribution in [-0.4, -0.2) is 66.5 Å². The van der Waals surface area contributed by atoms with Crippen molar-refractivity contribution in [3.63, 3.8) is 0 Å². The number of nitrogens with zero attached hydrogens (tertiary/aromatic N) is 3. The van der Waals surface area contributed by atoms with E-state index in [-0.39, 0.29) is 10.4 Å². The molecule has 2 aliphatic heterocycles. The monoisotopic (exact) mass is 646 g/mol. The Kier molecular flexibility index (Phi) is 8.34. The summed E-state index contributed by atoms with van der Waals surface area (Å²) in [6.07, 6.45) is 2.75. The number of benzene rings is 3.